The Hall–Kier alpha value is -1.58. The number of nitrogens with one attached hydrogen (secondary N) is 1. The van der Waals surface area contributed by atoms with Crippen LogP contribution < -0.4 is 11.1 Å². The number of anilines is 2. The molecule has 4 heteroatoms. The van der Waals surface area contributed by atoms with Gasteiger partial charge in [0.1, 0.15) is 0 Å². The molecule has 0 bridgehead atoms. The van der Waals surface area contributed by atoms with Gasteiger partial charge in [-0.3, -0.25) is 9.78 Å². The first-order chi connectivity index (χ1) is 5.27. The number of amides is 1. The maximum atomic E-state index is 10.8. The van der Waals surface area contributed by atoms with Crippen molar-refractivity contribution in [3.8, 4) is 0 Å². The van der Waals surface area contributed by atoms with Crippen LogP contribution in [0.2, 0.25) is 0 Å². The molecular formula is C7H7N3O. The second-order valence-electron chi connectivity index (χ2n) is 2.45. The minimum Gasteiger partial charge on any atom is -0.397 e. The molecule has 0 atom stereocenters. The van der Waals surface area contributed by atoms with E-state index < -0.39 is 0 Å². The molecule has 2 rings (SSSR count). The molecule has 11 heavy (non-hydrogen) atoms. The third-order valence-corrected chi connectivity index (χ3v) is 1.65. The molecule has 0 saturated heterocycles. The summed E-state index contributed by atoms with van der Waals surface area (Å²) in [4.78, 5) is 14.9. The van der Waals surface area contributed by atoms with E-state index in [2.05, 4.69) is 10.3 Å². The molecule has 0 radical (unpaired) electrons. The lowest BCUT2D eigenvalue weighted by Crippen LogP contribution is -2.04. The minimum atomic E-state index is -0.0367. The van der Waals surface area contributed by atoms with Crippen molar-refractivity contribution < 1.29 is 4.79 Å². The Balaban J connectivity index is 2.57. The van der Waals surface area contributed by atoms with Crippen molar-refractivity contribution in [1.29, 1.82) is 0 Å². The van der Waals surface area contributed by atoms with Crippen LogP contribution in [0.1, 0.15) is 5.69 Å². The topological polar surface area (TPSA) is 68.0 Å². The van der Waals surface area contributed by atoms with Gasteiger partial charge in [0.05, 0.1) is 23.5 Å². The molecule has 0 aliphatic carbocycles. The van der Waals surface area contributed by atoms with E-state index in [0.29, 0.717) is 17.8 Å². The van der Waals surface area contributed by atoms with Crippen LogP contribution >= 0.6 is 0 Å². The standard InChI is InChI=1S/C7H7N3O/c8-4-1-2-9-5-3-6(11)10-7(4)5/h1-2H,3H2,(H2,8,9)(H,10,11). The van der Waals surface area contributed by atoms with Gasteiger partial charge in [-0.15, -0.1) is 0 Å². The highest BCUT2D eigenvalue weighted by atomic mass is 16.1. The number of nitrogens with two attached hydrogens (primary N) is 1. The van der Waals surface area contributed by atoms with E-state index in [9.17, 15) is 4.79 Å². The Kier molecular flexibility index (Phi) is 1.09. The van der Waals surface area contributed by atoms with Crippen LogP contribution in [-0.4, -0.2) is 10.9 Å². The zero-order valence-corrected chi connectivity index (χ0v) is 5.79. The monoisotopic (exact) mass is 149 g/mol. The lowest BCUT2D eigenvalue weighted by molar-refractivity contribution is -0.115. The van der Waals surface area contributed by atoms with Crippen LogP contribution in [0.3, 0.4) is 0 Å². The Labute approximate surface area is 63.4 Å². The normalized spacial score (nSPS) is 14.4. The summed E-state index contributed by atoms with van der Waals surface area (Å²) in [7, 11) is 0. The summed E-state index contributed by atoms with van der Waals surface area (Å²) >= 11 is 0. The zero-order valence-electron chi connectivity index (χ0n) is 5.79. The van der Waals surface area contributed by atoms with Gasteiger partial charge in [0.2, 0.25) is 5.91 Å². The summed E-state index contributed by atoms with van der Waals surface area (Å²) in [5, 5.41) is 2.64. The second-order valence-corrected chi connectivity index (χ2v) is 2.45. The summed E-state index contributed by atoms with van der Waals surface area (Å²) in [6, 6.07) is 1.67. The minimum absolute atomic E-state index is 0.0367. The second kappa shape index (κ2) is 1.95. The average molecular weight is 149 g/mol. The smallest absolute Gasteiger partial charge is 0.230 e. The van der Waals surface area contributed by atoms with Crippen LogP contribution in [0, 0.1) is 0 Å². The van der Waals surface area contributed by atoms with E-state index in [1.165, 1.54) is 0 Å². The highest BCUT2D eigenvalue weighted by Gasteiger charge is 2.20. The Bertz CT molecular complexity index is 321. The fourth-order valence-corrected chi connectivity index (χ4v) is 1.14. The fraction of sp³-hybridized carbons (Fsp3) is 0.143. The highest BCUT2D eigenvalue weighted by molar-refractivity contribution is 6.01. The summed E-state index contributed by atoms with van der Waals surface area (Å²) in [6.07, 6.45) is 1.95. The molecule has 0 spiro atoms. The van der Waals surface area contributed by atoms with E-state index in [0.717, 1.165) is 5.69 Å². The molecule has 0 fully saturated rings. The molecule has 0 unspecified atom stereocenters. The number of carbonyl (C=O) groups excluding carboxylic acids is 1. The Morgan fingerprint density at radius 3 is 3.18 bits per heavy atom. The largest absolute Gasteiger partial charge is 0.397 e. The number of rotatable bonds is 0. The highest BCUT2D eigenvalue weighted by Crippen LogP contribution is 2.26. The van der Waals surface area contributed by atoms with Crippen LogP contribution in [-0.2, 0) is 11.2 Å². The lowest BCUT2D eigenvalue weighted by Gasteiger charge is -1.99. The van der Waals surface area contributed by atoms with Crippen molar-refractivity contribution in [2.75, 3.05) is 11.1 Å². The van der Waals surface area contributed by atoms with Gasteiger partial charge in [-0.05, 0) is 6.07 Å². The maximum Gasteiger partial charge on any atom is 0.230 e. The molecular weight excluding hydrogens is 142 g/mol. The fourth-order valence-electron chi connectivity index (χ4n) is 1.14. The van der Waals surface area contributed by atoms with Gasteiger partial charge in [-0.1, -0.05) is 0 Å². The van der Waals surface area contributed by atoms with Crippen molar-refractivity contribution in [3.63, 3.8) is 0 Å². The number of hydrogen-bond acceptors (Lipinski definition) is 3. The molecule has 2 heterocycles. The molecule has 1 aliphatic rings. The summed E-state index contributed by atoms with van der Waals surface area (Å²) in [5.74, 6) is -0.0367. The molecule has 1 aromatic heterocycles. The van der Waals surface area contributed by atoms with Crippen molar-refractivity contribution >= 4 is 17.3 Å². The maximum absolute atomic E-state index is 10.8. The number of hydrogen-bond donors (Lipinski definition) is 2. The number of nitrogens with zero attached hydrogens (tertiary/aromatic N) is 1. The van der Waals surface area contributed by atoms with Gasteiger partial charge < -0.3 is 11.1 Å². The van der Waals surface area contributed by atoms with Gasteiger partial charge in [0, 0.05) is 6.20 Å². The molecule has 1 aliphatic heterocycles. The summed E-state index contributed by atoms with van der Waals surface area (Å²) in [5.41, 5.74) is 7.59. The Morgan fingerprint density at radius 2 is 2.45 bits per heavy atom. The number of nitrogen functional groups attached to an aromatic ring is 1. The van der Waals surface area contributed by atoms with E-state index in [-0.39, 0.29) is 5.91 Å². The number of aromatic nitrogens is 1. The van der Waals surface area contributed by atoms with Gasteiger partial charge in [0.25, 0.3) is 0 Å². The quantitative estimate of drug-likeness (QED) is 0.552. The van der Waals surface area contributed by atoms with Gasteiger partial charge in [-0.2, -0.15) is 0 Å². The van der Waals surface area contributed by atoms with Crippen molar-refractivity contribution in [3.05, 3.63) is 18.0 Å². The zero-order chi connectivity index (χ0) is 7.84. The number of carbonyl (C=O) groups is 1. The molecule has 1 aromatic rings. The molecule has 0 aromatic carbocycles. The van der Waals surface area contributed by atoms with E-state index >= 15 is 0 Å². The summed E-state index contributed by atoms with van der Waals surface area (Å²) < 4.78 is 0. The number of pyridine rings is 1. The van der Waals surface area contributed by atoms with Crippen molar-refractivity contribution in [2.45, 2.75) is 6.42 Å². The van der Waals surface area contributed by atoms with Crippen molar-refractivity contribution in [2.24, 2.45) is 0 Å². The van der Waals surface area contributed by atoms with Crippen LogP contribution in [0.4, 0.5) is 11.4 Å². The van der Waals surface area contributed by atoms with E-state index in [4.69, 9.17) is 5.73 Å². The predicted molar refractivity (Wildman–Crippen MR) is 41.0 cm³/mol. The first kappa shape index (κ1) is 6.15. The average Bonchev–Trinajstić information content (AvgIpc) is 2.31. The third-order valence-electron chi connectivity index (χ3n) is 1.65. The van der Waals surface area contributed by atoms with Gasteiger partial charge in [0.15, 0.2) is 0 Å². The predicted octanol–water partition coefficient (Wildman–Crippen LogP) is 0.158. The Morgan fingerprint density at radius 1 is 1.64 bits per heavy atom. The molecule has 0 saturated carbocycles. The van der Waals surface area contributed by atoms with Crippen molar-refractivity contribution in [1.82, 2.24) is 4.98 Å². The summed E-state index contributed by atoms with van der Waals surface area (Å²) in [6.45, 7) is 0. The van der Waals surface area contributed by atoms with Crippen LogP contribution in [0.5, 0.6) is 0 Å². The number of fused-ring (bicyclic) bond motifs is 1. The molecule has 3 N–H and O–H groups in total. The SMILES string of the molecule is Nc1ccnc2c1NC(=O)C2. The molecule has 56 valence electrons. The molecule has 4 nitrogen and oxygen atoms in total. The molecule has 1 amide bonds. The van der Waals surface area contributed by atoms with Crippen LogP contribution in [0.25, 0.3) is 0 Å². The van der Waals surface area contributed by atoms with Gasteiger partial charge in [-0.25, -0.2) is 0 Å². The third kappa shape index (κ3) is 0.832. The lowest BCUT2D eigenvalue weighted by atomic mass is 10.2. The van der Waals surface area contributed by atoms with E-state index in [1.54, 1.807) is 12.3 Å². The van der Waals surface area contributed by atoms with Gasteiger partial charge >= 0.3 is 0 Å². The van der Waals surface area contributed by atoms with Crippen LogP contribution in [0.15, 0.2) is 12.3 Å². The van der Waals surface area contributed by atoms with E-state index in [1.807, 2.05) is 0 Å². The first-order valence-electron chi connectivity index (χ1n) is 3.30. The first-order valence-corrected chi connectivity index (χ1v) is 3.30.